The van der Waals surface area contributed by atoms with E-state index in [9.17, 15) is 4.79 Å². The van der Waals surface area contributed by atoms with Gasteiger partial charge in [-0.2, -0.15) is 0 Å². The van der Waals surface area contributed by atoms with Crippen LogP contribution in [0.5, 0.6) is 0 Å². The molecule has 1 unspecified atom stereocenters. The van der Waals surface area contributed by atoms with Crippen molar-refractivity contribution >= 4 is 17.5 Å². The first-order chi connectivity index (χ1) is 11.2. The van der Waals surface area contributed by atoms with E-state index in [2.05, 4.69) is 53.5 Å². The Morgan fingerprint density at radius 3 is 2.78 bits per heavy atom. The number of anilines is 2. The summed E-state index contributed by atoms with van der Waals surface area (Å²) in [6, 6.07) is 16.9. The molecule has 1 aliphatic rings. The summed E-state index contributed by atoms with van der Waals surface area (Å²) in [5, 5.41) is 2.78. The predicted molar refractivity (Wildman–Crippen MR) is 93.0 cm³/mol. The molecule has 23 heavy (non-hydrogen) atoms. The second-order valence-corrected chi connectivity index (χ2v) is 5.71. The van der Waals surface area contributed by atoms with Gasteiger partial charge in [0.2, 0.25) is 0 Å². The summed E-state index contributed by atoms with van der Waals surface area (Å²) in [5.74, 6) is 0. The van der Waals surface area contributed by atoms with Gasteiger partial charge in [0.05, 0.1) is 12.6 Å². The first-order valence-electron chi connectivity index (χ1n) is 8.07. The molecule has 0 radical (unpaired) electrons. The van der Waals surface area contributed by atoms with Crippen LogP contribution in [0.15, 0.2) is 48.5 Å². The lowest BCUT2D eigenvalue weighted by Gasteiger charge is -2.37. The maximum absolute atomic E-state index is 11.5. The normalized spacial score (nSPS) is 16.6. The molecule has 4 heteroatoms. The van der Waals surface area contributed by atoms with Gasteiger partial charge in [0, 0.05) is 17.9 Å². The molecule has 0 saturated carbocycles. The second kappa shape index (κ2) is 6.73. The average Bonchev–Trinajstić information content (AvgIpc) is 2.56. The number of para-hydroxylation sites is 1. The molecule has 0 fully saturated rings. The number of carbonyl (C=O) groups is 1. The lowest BCUT2D eigenvalue weighted by Crippen LogP contribution is -2.33. The van der Waals surface area contributed by atoms with Gasteiger partial charge >= 0.3 is 6.09 Å². The maximum Gasteiger partial charge on any atom is 0.411 e. The number of hydrogen-bond acceptors (Lipinski definition) is 3. The lowest BCUT2D eigenvalue weighted by molar-refractivity contribution is 0.168. The number of carbonyl (C=O) groups excluding carboxylic acids is 1. The van der Waals surface area contributed by atoms with E-state index in [0.717, 1.165) is 18.7 Å². The molecule has 1 N–H and O–H groups in total. The highest BCUT2D eigenvalue weighted by Crippen LogP contribution is 2.34. The van der Waals surface area contributed by atoms with Crippen LogP contribution >= 0.6 is 0 Å². The van der Waals surface area contributed by atoms with Crippen LogP contribution in [0.3, 0.4) is 0 Å². The Morgan fingerprint density at radius 1 is 1.26 bits per heavy atom. The van der Waals surface area contributed by atoms with Crippen LogP contribution in [0.2, 0.25) is 0 Å². The van der Waals surface area contributed by atoms with Crippen molar-refractivity contribution < 1.29 is 9.53 Å². The SMILES string of the molecule is CCOC(=O)Nc1ccc2c(c1)CCN(c1ccccc1)C2C. The summed E-state index contributed by atoms with van der Waals surface area (Å²) < 4.78 is 4.93. The summed E-state index contributed by atoms with van der Waals surface area (Å²) in [6.45, 7) is 5.37. The number of benzene rings is 2. The van der Waals surface area contributed by atoms with Crippen LogP contribution in [0.1, 0.15) is 31.0 Å². The van der Waals surface area contributed by atoms with Crippen molar-refractivity contribution in [2.24, 2.45) is 0 Å². The van der Waals surface area contributed by atoms with Crippen molar-refractivity contribution in [1.82, 2.24) is 0 Å². The highest BCUT2D eigenvalue weighted by molar-refractivity contribution is 5.84. The highest BCUT2D eigenvalue weighted by atomic mass is 16.5. The standard InChI is InChI=1S/C19H22N2O2/c1-3-23-19(22)20-16-9-10-18-14(2)21(12-11-15(18)13-16)17-7-5-4-6-8-17/h4-10,13-14H,3,11-12H2,1-2H3,(H,20,22). The van der Waals surface area contributed by atoms with Crippen LogP contribution in [0, 0.1) is 0 Å². The predicted octanol–water partition coefficient (Wildman–Crippen LogP) is 4.38. The Labute approximate surface area is 137 Å². The minimum absolute atomic E-state index is 0.317. The molecule has 0 aromatic heterocycles. The molecule has 0 aliphatic carbocycles. The van der Waals surface area contributed by atoms with Crippen LogP contribution < -0.4 is 10.2 Å². The zero-order valence-corrected chi connectivity index (χ0v) is 13.6. The maximum atomic E-state index is 11.5. The van der Waals surface area contributed by atoms with E-state index in [4.69, 9.17) is 4.74 Å². The largest absolute Gasteiger partial charge is 0.450 e. The Bertz CT molecular complexity index is 685. The molecule has 2 aromatic rings. The monoisotopic (exact) mass is 310 g/mol. The van der Waals surface area contributed by atoms with Crippen molar-refractivity contribution in [3.8, 4) is 0 Å². The number of ether oxygens (including phenoxy) is 1. The summed E-state index contributed by atoms with van der Waals surface area (Å²) in [5.41, 5.74) is 4.65. The molecular weight excluding hydrogens is 288 g/mol. The molecule has 0 bridgehead atoms. The van der Waals surface area contributed by atoms with E-state index in [1.807, 2.05) is 12.1 Å². The van der Waals surface area contributed by atoms with Gasteiger partial charge < -0.3 is 9.64 Å². The number of nitrogens with one attached hydrogen (secondary N) is 1. The Kier molecular flexibility index (Phi) is 4.51. The average molecular weight is 310 g/mol. The minimum Gasteiger partial charge on any atom is -0.450 e. The molecule has 1 amide bonds. The van der Waals surface area contributed by atoms with Gasteiger partial charge in [0.15, 0.2) is 0 Å². The highest BCUT2D eigenvalue weighted by Gasteiger charge is 2.24. The van der Waals surface area contributed by atoms with Crippen LogP contribution in [-0.2, 0) is 11.2 Å². The molecule has 0 spiro atoms. The van der Waals surface area contributed by atoms with Gasteiger partial charge in [-0.1, -0.05) is 24.3 Å². The molecule has 1 aliphatic heterocycles. The smallest absolute Gasteiger partial charge is 0.411 e. The fourth-order valence-electron chi connectivity index (χ4n) is 3.17. The van der Waals surface area contributed by atoms with Crippen LogP contribution in [0.25, 0.3) is 0 Å². The summed E-state index contributed by atoms with van der Waals surface area (Å²) in [4.78, 5) is 14.0. The second-order valence-electron chi connectivity index (χ2n) is 5.71. The third-order valence-electron chi connectivity index (χ3n) is 4.29. The molecule has 1 atom stereocenters. The van der Waals surface area contributed by atoms with E-state index in [-0.39, 0.29) is 0 Å². The van der Waals surface area contributed by atoms with Crippen LogP contribution in [-0.4, -0.2) is 19.2 Å². The molecule has 1 heterocycles. The zero-order chi connectivity index (χ0) is 16.2. The molecule has 4 nitrogen and oxygen atoms in total. The van der Waals surface area contributed by atoms with Crippen molar-refractivity contribution in [3.63, 3.8) is 0 Å². The first-order valence-corrected chi connectivity index (χ1v) is 8.07. The van der Waals surface area contributed by atoms with Gasteiger partial charge in [-0.25, -0.2) is 4.79 Å². The minimum atomic E-state index is -0.401. The number of amides is 1. The fourth-order valence-corrected chi connectivity index (χ4v) is 3.17. The molecule has 3 rings (SSSR count). The van der Waals surface area contributed by atoms with E-state index in [1.165, 1.54) is 16.8 Å². The van der Waals surface area contributed by atoms with E-state index < -0.39 is 6.09 Å². The first kappa shape index (κ1) is 15.4. The molecular formula is C19H22N2O2. The van der Waals surface area contributed by atoms with Gasteiger partial charge in [0.25, 0.3) is 0 Å². The quantitative estimate of drug-likeness (QED) is 0.914. The van der Waals surface area contributed by atoms with Crippen molar-refractivity contribution in [2.75, 3.05) is 23.4 Å². The Morgan fingerprint density at radius 2 is 2.04 bits per heavy atom. The van der Waals surface area contributed by atoms with Crippen LogP contribution in [0.4, 0.5) is 16.2 Å². The number of hydrogen-bond donors (Lipinski definition) is 1. The van der Waals surface area contributed by atoms with Gasteiger partial charge in [-0.15, -0.1) is 0 Å². The summed E-state index contributed by atoms with van der Waals surface area (Å²) in [7, 11) is 0. The third-order valence-corrected chi connectivity index (χ3v) is 4.29. The summed E-state index contributed by atoms with van der Waals surface area (Å²) >= 11 is 0. The van der Waals surface area contributed by atoms with Gasteiger partial charge in [-0.05, 0) is 55.7 Å². The lowest BCUT2D eigenvalue weighted by atomic mass is 9.92. The molecule has 2 aromatic carbocycles. The van der Waals surface area contributed by atoms with Crippen molar-refractivity contribution in [2.45, 2.75) is 26.3 Å². The third kappa shape index (κ3) is 3.31. The Hall–Kier alpha value is -2.49. The van der Waals surface area contributed by atoms with Crippen molar-refractivity contribution in [1.29, 1.82) is 0 Å². The number of fused-ring (bicyclic) bond motifs is 1. The number of rotatable bonds is 3. The van der Waals surface area contributed by atoms with Crippen molar-refractivity contribution in [3.05, 3.63) is 59.7 Å². The van der Waals surface area contributed by atoms with E-state index in [0.29, 0.717) is 12.6 Å². The Balaban J connectivity index is 1.80. The zero-order valence-electron chi connectivity index (χ0n) is 13.6. The summed E-state index contributed by atoms with van der Waals surface area (Å²) in [6.07, 6.45) is 0.564. The topological polar surface area (TPSA) is 41.6 Å². The van der Waals surface area contributed by atoms with E-state index >= 15 is 0 Å². The van der Waals surface area contributed by atoms with Gasteiger partial charge in [-0.3, -0.25) is 5.32 Å². The van der Waals surface area contributed by atoms with E-state index in [1.54, 1.807) is 6.92 Å². The number of nitrogens with zero attached hydrogens (tertiary/aromatic N) is 1. The van der Waals surface area contributed by atoms with Gasteiger partial charge in [0.1, 0.15) is 0 Å². The molecule has 120 valence electrons. The molecule has 0 saturated heterocycles. The fraction of sp³-hybridized carbons (Fsp3) is 0.316.